The first kappa shape index (κ1) is 71.5. The van der Waals surface area contributed by atoms with E-state index in [2.05, 4.69) is 100 Å². The van der Waals surface area contributed by atoms with Gasteiger partial charge in [-0.15, -0.1) is 68.0 Å². The van der Waals surface area contributed by atoms with Gasteiger partial charge in [0, 0.05) is 62.4 Å². The van der Waals surface area contributed by atoms with Crippen LogP contribution in [0, 0.1) is 37.5 Å². The predicted molar refractivity (Wildman–Crippen MR) is 406 cm³/mol. The van der Waals surface area contributed by atoms with Gasteiger partial charge in [-0.25, -0.2) is 0 Å². The van der Waals surface area contributed by atoms with E-state index in [9.17, 15) is 9.59 Å². The van der Waals surface area contributed by atoms with E-state index in [1.165, 1.54) is 181 Å². The van der Waals surface area contributed by atoms with Crippen LogP contribution in [0.2, 0.25) is 12.1 Å². The Bertz CT molecular complexity index is 3470. The highest BCUT2D eigenvalue weighted by atomic mass is 32.1. The van der Waals surface area contributed by atoms with Crippen LogP contribution in [0.15, 0.2) is 24.3 Å². The summed E-state index contributed by atoms with van der Waals surface area (Å²) in [5, 5.41) is 3.32. The standard InChI is InChI=1S/C79H112N2O4S6Si/c1-13-23-29-31-33-35-41-80-75(82)64-52(12)87-70(65(64)76(80)83)59-44-57-68(88-59)69-58(79(57,47-53(19-7)37-25-15-3)48-54(20-8)38-26-16-4)45-60(89-69)71-66-67(78(85)81(77(66)84)42-36-34-32-30-24-14-2)72(91-71)61-46-63-74(90-61)73-62(43-51(11)86-73)92(63,49-55(21-9)39-27-17-5)50-56(22-10)40-28-18-6/h43-46,53-56H,13-42,47-50H2,1-12H3. The van der Waals surface area contributed by atoms with E-state index >= 15 is 9.59 Å². The normalized spacial score (nSPS) is 18.6. The Kier molecular flexibility index (Phi) is 25.1. The lowest BCUT2D eigenvalue weighted by Crippen LogP contribution is -2.56. The van der Waals surface area contributed by atoms with Gasteiger partial charge in [0.1, 0.15) is 8.07 Å². The van der Waals surface area contributed by atoms with Crippen molar-refractivity contribution < 1.29 is 19.2 Å². The molecule has 4 aliphatic rings. The smallest absolute Gasteiger partial charge is 0.263 e. The average molecular weight is 1370 g/mol. The number of nitrogens with zero attached hydrogens (tertiary/aromatic N) is 2. The first-order valence-electron chi connectivity index (χ1n) is 37.2. The topological polar surface area (TPSA) is 74.8 Å². The maximum Gasteiger partial charge on any atom is 0.263 e. The highest BCUT2D eigenvalue weighted by Gasteiger charge is 2.53. The van der Waals surface area contributed by atoms with Crippen LogP contribution in [0.5, 0.6) is 0 Å². The lowest BCUT2D eigenvalue weighted by Gasteiger charge is -2.37. The zero-order valence-electron chi connectivity index (χ0n) is 58.6. The summed E-state index contributed by atoms with van der Waals surface area (Å²) in [4.78, 5) is 77.9. The first-order valence-corrected chi connectivity index (χ1v) is 44.5. The fourth-order valence-corrected chi connectivity index (χ4v) is 32.5. The number of amides is 4. The summed E-state index contributed by atoms with van der Waals surface area (Å²) in [7, 11) is -2.31. The Morgan fingerprint density at radius 2 is 0.728 bits per heavy atom. The monoisotopic (exact) mass is 1370 g/mol. The second kappa shape index (κ2) is 32.4. The van der Waals surface area contributed by atoms with Crippen molar-refractivity contribution in [3.63, 3.8) is 0 Å². The van der Waals surface area contributed by atoms with Crippen LogP contribution >= 0.6 is 68.0 Å². The first-order chi connectivity index (χ1) is 44.7. The molecule has 9 heterocycles. The molecule has 10 rings (SSSR count). The van der Waals surface area contributed by atoms with E-state index in [0.717, 1.165) is 93.5 Å². The lowest BCUT2D eigenvalue weighted by molar-refractivity contribution is 0.0636. The number of unbranched alkanes of at least 4 members (excludes halogenated alkanes) is 14. The van der Waals surface area contributed by atoms with Crippen molar-refractivity contribution in [3.8, 4) is 48.8 Å². The van der Waals surface area contributed by atoms with Crippen LogP contribution < -0.4 is 10.4 Å². The fraction of sp³-hybridized carbons (Fsp3) is 0.646. The van der Waals surface area contributed by atoms with E-state index in [4.69, 9.17) is 0 Å². The van der Waals surface area contributed by atoms with Gasteiger partial charge in [-0.05, 0) is 121 Å². The Morgan fingerprint density at radius 1 is 0.370 bits per heavy atom. The Balaban J connectivity index is 1.15. The fourth-order valence-electron chi connectivity index (χ4n) is 16.8. The maximum atomic E-state index is 15.7. The van der Waals surface area contributed by atoms with Crippen molar-refractivity contribution in [1.29, 1.82) is 0 Å². The number of aryl methyl sites for hydroxylation is 2. The number of rotatable bonds is 41. The van der Waals surface area contributed by atoms with E-state index in [1.807, 2.05) is 52.3 Å². The van der Waals surface area contributed by atoms with Gasteiger partial charge in [-0.3, -0.25) is 29.0 Å². The molecule has 6 nitrogen and oxygen atoms in total. The molecular formula is C79H112N2O4S6Si. The van der Waals surface area contributed by atoms with Gasteiger partial charge in [0.05, 0.1) is 36.9 Å². The molecule has 13 heteroatoms. The Labute approximate surface area is 580 Å². The quantitative estimate of drug-likeness (QED) is 0.0218. The maximum absolute atomic E-state index is 15.7. The second-order valence-corrected chi connectivity index (χ2v) is 39.3. The summed E-state index contributed by atoms with van der Waals surface area (Å²) in [6, 6.07) is 12.9. The van der Waals surface area contributed by atoms with Crippen molar-refractivity contribution in [1.82, 2.24) is 9.80 Å². The number of carbonyl (C=O) groups excluding carboxylic acids is 4. The molecule has 0 saturated heterocycles. The number of hydrogen-bond donors (Lipinski definition) is 0. The van der Waals surface area contributed by atoms with Crippen molar-refractivity contribution in [3.05, 3.63) is 67.4 Å². The van der Waals surface area contributed by atoms with E-state index in [-0.39, 0.29) is 29.0 Å². The van der Waals surface area contributed by atoms with Gasteiger partial charge in [-0.2, -0.15) is 0 Å². The SMILES string of the molecule is CCCCCCCCN1C(=O)c2c(C)sc(-c3cc4c(s3)-c3sc(-c5sc(-c6cc7c(s6)-c6sc(C)cc6[Si]7(CC(CC)CCCC)CC(CC)CCCC)c6c5C(=O)N(CCCCCCCC)C6=O)cc3C4(CC(CC)CCCC)CC(CC)CCCC)c2C1=O. The third-order valence-corrected chi connectivity index (χ3v) is 35.6. The van der Waals surface area contributed by atoms with Crippen LogP contribution in [-0.2, 0) is 5.41 Å². The summed E-state index contributed by atoms with van der Waals surface area (Å²) >= 11 is 11.0. The van der Waals surface area contributed by atoms with Crippen molar-refractivity contribution in [2.24, 2.45) is 23.7 Å². The molecular weight excluding hydrogens is 1260 g/mol. The van der Waals surface area contributed by atoms with Gasteiger partial charge in [0.2, 0.25) is 0 Å². The second-order valence-electron chi connectivity index (χ2n) is 28.6. The van der Waals surface area contributed by atoms with Crippen molar-refractivity contribution in [2.45, 2.75) is 293 Å². The number of carbonyl (C=O) groups is 4. The molecule has 1 aliphatic carbocycles. The zero-order chi connectivity index (χ0) is 65.4. The zero-order valence-corrected chi connectivity index (χ0v) is 64.5. The number of hydrogen-bond acceptors (Lipinski definition) is 10. The summed E-state index contributed by atoms with van der Waals surface area (Å²) in [6.07, 6.45) is 34.6. The molecule has 92 heavy (non-hydrogen) atoms. The van der Waals surface area contributed by atoms with Crippen LogP contribution in [-0.4, -0.2) is 54.6 Å². The molecule has 4 atom stereocenters. The molecule has 0 spiro atoms. The molecule has 0 radical (unpaired) electrons. The Hall–Kier alpha value is -3.30. The molecule has 0 fully saturated rings. The van der Waals surface area contributed by atoms with Gasteiger partial charge in [0.15, 0.2) is 0 Å². The summed E-state index contributed by atoms with van der Waals surface area (Å²) in [6.45, 7) is 28.8. The average Bonchev–Trinajstić information content (AvgIpc) is 1.54. The molecule has 0 bridgehead atoms. The van der Waals surface area contributed by atoms with Gasteiger partial charge in [0.25, 0.3) is 23.6 Å². The van der Waals surface area contributed by atoms with Crippen molar-refractivity contribution >= 4 is 110 Å². The molecule has 0 aromatic carbocycles. The van der Waals surface area contributed by atoms with Gasteiger partial charge >= 0.3 is 0 Å². The van der Waals surface area contributed by atoms with Crippen LogP contribution in [0.25, 0.3) is 48.8 Å². The van der Waals surface area contributed by atoms with E-state index < -0.39 is 8.07 Å². The van der Waals surface area contributed by atoms with Crippen LogP contribution in [0.3, 0.4) is 0 Å². The highest BCUT2D eigenvalue weighted by Crippen LogP contribution is 2.65. The van der Waals surface area contributed by atoms with Gasteiger partial charge in [-0.1, -0.05) is 236 Å². The molecule has 0 N–H and O–H groups in total. The summed E-state index contributed by atoms with van der Waals surface area (Å²) in [5.41, 5.74) is 5.07. The molecule has 502 valence electrons. The largest absolute Gasteiger partial charge is 0.274 e. The summed E-state index contributed by atoms with van der Waals surface area (Å²) < 4.78 is 0. The highest BCUT2D eigenvalue weighted by molar-refractivity contribution is 7.33. The molecule has 4 unspecified atom stereocenters. The molecule has 0 saturated carbocycles. The van der Waals surface area contributed by atoms with E-state index in [0.29, 0.717) is 59.0 Å². The number of thiophene rings is 6. The van der Waals surface area contributed by atoms with Gasteiger partial charge < -0.3 is 0 Å². The molecule has 4 amide bonds. The molecule has 6 aromatic heterocycles. The minimum absolute atomic E-state index is 0.0959. The Morgan fingerprint density at radius 3 is 1.17 bits per heavy atom. The van der Waals surface area contributed by atoms with Crippen LogP contribution in [0.1, 0.15) is 324 Å². The minimum atomic E-state index is -2.31. The predicted octanol–water partition coefficient (Wildman–Crippen LogP) is 25.0. The number of fused-ring (bicyclic) bond motifs is 8. The molecule has 6 aromatic rings. The third kappa shape index (κ3) is 14.1. The lowest BCUT2D eigenvalue weighted by atomic mass is 9.65. The third-order valence-electron chi connectivity index (χ3n) is 22.2. The summed E-state index contributed by atoms with van der Waals surface area (Å²) in [5.74, 6) is 1.95. The van der Waals surface area contributed by atoms with Crippen LogP contribution in [0.4, 0.5) is 0 Å². The van der Waals surface area contributed by atoms with E-state index in [1.54, 1.807) is 42.8 Å². The number of imide groups is 2. The molecule has 3 aliphatic heterocycles. The van der Waals surface area contributed by atoms with Crippen molar-refractivity contribution in [2.75, 3.05) is 13.1 Å². The minimum Gasteiger partial charge on any atom is -0.274 e.